The molecule has 0 radical (unpaired) electrons. The first-order valence-corrected chi connectivity index (χ1v) is 7.29. The van der Waals surface area contributed by atoms with Gasteiger partial charge in [-0.3, -0.25) is 0 Å². The molecular formula is C14H20BrNO2. The van der Waals surface area contributed by atoms with Crippen LogP contribution in [0.1, 0.15) is 18.9 Å². The molecule has 0 amide bonds. The monoisotopic (exact) mass is 313 g/mol. The Balaban J connectivity index is 1.99. The lowest BCUT2D eigenvalue weighted by atomic mass is 10.1. The van der Waals surface area contributed by atoms with Crippen molar-refractivity contribution in [1.82, 2.24) is 5.32 Å². The Morgan fingerprint density at radius 1 is 1.50 bits per heavy atom. The fraction of sp³-hybridized carbons (Fsp3) is 0.571. The van der Waals surface area contributed by atoms with Crippen molar-refractivity contribution in [2.45, 2.75) is 19.9 Å². The highest BCUT2D eigenvalue weighted by atomic mass is 79.9. The lowest BCUT2D eigenvalue weighted by Crippen LogP contribution is -2.16. The van der Waals surface area contributed by atoms with Crippen LogP contribution in [0.3, 0.4) is 0 Å². The zero-order chi connectivity index (χ0) is 12.8. The quantitative estimate of drug-likeness (QED) is 0.876. The van der Waals surface area contributed by atoms with Crippen molar-refractivity contribution in [1.29, 1.82) is 0 Å². The summed E-state index contributed by atoms with van der Waals surface area (Å²) in [7, 11) is 0. The Bertz CT molecular complexity index is 378. The third-order valence-electron chi connectivity index (χ3n) is 3.10. The summed E-state index contributed by atoms with van der Waals surface area (Å²) in [6.45, 7) is 6.34. The van der Waals surface area contributed by atoms with Crippen LogP contribution in [-0.2, 0) is 11.3 Å². The second-order valence-electron chi connectivity index (χ2n) is 4.55. The van der Waals surface area contributed by atoms with Gasteiger partial charge in [0.1, 0.15) is 5.75 Å². The predicted molar refractivity (Wildman–Crippen MR) is 75.9 cm³/mol. The second kappa shape index (κ2) is 7.12. The lowest BCUT2D eigenvalue weighted by Gasteiger charge is -2.15. The highest BCUT2D eigenvalue weighted by Crippen LogP contribution is 2.30. The molecule has 2 rings (SSSR count). The normalized spacial score (nSPS) is 19.1. The molecule has 1 saturated heterocycles. The largest absolute Gasteiger partial charge is 0.492 e. The van der Waals surface area contributed by atoms with E-state index in [9.17, 15) is 0 Å². The molecule has 4 heteroatoms. The van der Waals surface area contributed by atoms with Crippen LogP contribution in [-0.4, -0.2) is 26.4 Å². The molecule has 0 aromatic heterocycles. The Kier molecular flexibility index (Phi) is 5.47. The maximum Gasteiger partial charge on any atom is 0.137 e. The van der Waals surface area contributed by atoms with Gasteiger partial charge in [0.05, 0.1) is 17.7 Å². The van der Waals surface area contributed by atoms with Gasteiger partial charge >= 0.3 is 0 Å². The molecule has 100 valence electrons. The number of rotatable bonds is 6. The molecule has 1 unspecified atom stereocenters. The molecule has 1 aromatic rings. The van der Waals surface area contributed by atoms with Gasteiger partial charge in [-0.2, -0.15) is 0 Å². The number of hydrogen-bond donors (Lipinski definition) is 1. The van der Waals surface area contributed by atoms with Gasteiger partial charge in [-0.1, -0.05) is 19.1 Å². The maximum atomic E-state index is 5.98. The lowest BCUT2D eigenvalue weighted by molar-refractivity contribution is 0.166. The van der Waals surface area contributed by atoms with Crippen molar-refractivity contribution in [3.63, 3.8) is 0 Å². The molecule has 0 aliphatic carbocycles. The summed E-state index contributed by atoms with van der Waals surface area (Å²) in [4.78, 5) is 0. The molecule has 1 aromatic carbocycles. The van der Waals surface area contributed by atoms with Crippen LogP contribution in [0.2, 0.25) is 0 Å². The Morgan fingerprint density at radius 3 is 3.11 bits per heavy atom. The van der Waals surface area contributed by atoms with Gasteiger partial charge in [-0.25, -0.2) is 0 Å². The molecule has 0 saturated carbocycles. The molecule has 1 aliphatic heterocycles. The van der Waals surface area contributed by atoms with E-state index in [0.29, 0.717) is 5.92 Å². The number of halogens is 1. The molecule has 1 fully saturated rings. The third kappa shape index (κ3) is 3.70. The van der Waals surface area contributed by atoms with Gasteiger partial charge in [0.15, 0.2) is 0 Å². The van der Waals surface area contributed by atoms with Gasteiger partial charge in [-0.05, 0) is 35.0 Å². The van der Waals surface area contributed by atoms with E-state index in [1.54, 1.807) is 0 Å². The first-order chi connectivity index (χ1) is 8.81. The number of nitrogens with one attached hydrogen (secondary N) is 1. The van der Waals surface area contributed by atoms with E-state index in [1.807, 2.05) is 12.1 Å². The fourth-order valence-electron chi connectivity index (χ4n) is 2.03. The van der Waals surface area contributed by atoms with E-state index in [4.69, 9.17) is 9.47 Å². The number of para-hydroxylation sites is 1. The summed E-state index contributed by atoms with van der Waals surface area (Å²) in [6.07, 6.45) is 1.10. The maximum absolute atomic E-state index is 5.98. The minimum absolute atomic E-state index is 0.532. The first kappa shape index (κ1) is 13.8. The van der Waals surface area contributed by atoms with Crippen LogP contribution in [0.5, 0.6) is 5.75 Å². The first-order valence-electron chi connectivity index (χ1n) is 6.50. The minimum atomic E-state index is 0.532. The average Bonchev–Trinajstić information content (AvgIpc) is 2.88. The summed E-state index contributed by atoms with van der Waals surface area (Å²) < 4.78 is 12.4. The summed E-state index contributed by atoms with van der Waals surface area (Å²) in [5.41, 5.74) is 1.20. The highest BCUT2D eigenvalue weighted by molar-refractivity contribution is 9.10. The molecular weight excluding hydrogens is 294 g/mol. The van der Waals surface area contributed by atoms with E-state index < -0.39 is 0 Å². The van der Waals surface area contributed by atoms with E-state index >= 15 is 0 Å². The van der Waals surface area contributed by atoms with Crippen LogP contribution in [0.4, 0.5) is 0 Å². The molecule has 0 spiro atoms. The molecule has 1 atom stereocenters. The van der Waals surface area contributed by atoms with Crippen LogP contribution in [0.25, 0.3) is 0 Å². The van der Waals surface area contributed by atoms with Crippen molar-refractivity contribution >= 4 is 15.9 Å². The smallest absolute Gasteiger partial charge is 0.137 e. The standard InChI is InChI=1S/C14H20BrNO2/c1-2-16-8-12-4-3-5-13(15)14(12)18-10-11-6-7-17-9-11/h3-5,11,16H,2,6-10H2,1H3. The third-order valence-corrected chi connectivity index (χ3v) is 3.73. The molecule has 1 heterocycles. The van der Waals surface area contributed by atoms with E-state index in [-0.39, 0.29) is 0 Å². The summed E-state index contributed by atoms with van der Waals surface area (Å²) in [5.74, 6) is 1.49. The van der Waals surface area contributed by atoms with Crippen molar-refractivity contribution in [3.8, 4) is 5.75 Å². The molecule has 1 N–H and O–H groups in total. The van der Waals surface area contributed by atoms with E-state index in [2.05, 4.69) is 34.2 Å². The van der Waals surface area contributed by atoms with Gasteiger partial charge in [0.25, 0.3) is 0 Å². The van der Waals surface area contributed by atoms with Crippen molar-refractivity contribution in [3.05, 3.63) is 28.2 Å². The highest BCUT2D eigenvalue weighted by Gasteiger charge is 2.17. The Morgan fingerprint density at radius 2 is 2.39 bits per heavy atom. The molecule has 0 bridgehead atoms. The van der Waals surface area contributed by atoms with Crippen LogP contribution < -0.4 is 10.1 Å². The Hall–Kier alpha value is -0.580. The molecule has 3 nitrogen and oxygen atoms in total. The van der Waals surface area contributed by atoms with Crippen LogP contribution in [0, 0.1) is 5.92 Å². The van der Waals surface area contributed by atoms with E-state index in [0.717, 1.165) is 49.6 Å². The van der Waals surface area contributed by atoms with Crippen LogP contribution >= 0.6 is 15.9 Å². The van der Waals surface area contributed by atoms with Gasteiger partial charge < -0.3 is 14.8 Å². The topological polar surface area (TPSA) is 30.5 Å². The number of ether oxygens (including phenoxy) is 2. The zero-order valence-corrected chi connectivity index (χ0v) is 12.3. The zero-order valence-electron chi connectivity index (χ0n) is 10.7. The van der Waals surface area contributed by atoms with Crippen molar-refractivity contribution < 1.29 is 9.47 Å². The SMILES string of the molecule is CCNCc1cccc(Br)c1OCC1CCOC1. The second-order valence-corrected chi connectivity index (χ2v) is 5.40. The van der Waals surface area contributed by atoms with Crippen molar-refractivity contribution in [2.75, 3.05) is 26.4 Å². The van der Waals surface area contributed by atoms with Gasteiger partial charge in [-0.15, -0.1) is 0 Å². The summed E-state index contributed by atoms with van der Waals surface area (Å²) >= 11 is 3.56. The number of benzene rings is 1. The number of hydrogen-bond acceptors (Lipinski definition) is 3. The van der Waals surface area contributed by atoms with Crippen molar-refractivity contribution in [2.24, 2.45) is 5.92 Å². The van der Waals surface area contributed by atoms with Crippen LogP contribution in [0.15, 0.2) is 22.7 Å². The summed E-state index contributed by atoms with van der Waals surface area (Å²) in [6, 6.07) is 6.17. The van der Waals surface area contributed by atoms with Gasteiger partial charge in [0, 0.05) is 24.6 Å². The molecule has 18 heavy (non-hydrogen) atoms. The van der Waals surface area contributed by atoms with E-state index in [1.165, 1.54) is 5.56 Å². The van der Waals surface area contributed by atoms with Gasteiger partial charge in [0.2, 0.25) is 0 Å². The minimum Gasteiger partial charge on any atom is -0.492 e. The summed E-state index contributed by atoms with van der Waals surface area (Å²) in [5, 5.41) is 3.33. The predicted octanol–water partition coefficient (Wildman–Crippen LogP) is 2.97. The molecule has 1 aliphatic rings. The fourth-order valence-corrected chi connectivity index (χ4v) is 2.55. The average molecular weight is 314 g/mol. The Labute approximate surface area is 117 Å².